The van der Waals surface area contributed by atoms with Gasteiger partial charge < -0.3 is 10.3 Å². The quantitative estimate of drug-likeness (QED) is 0.506. The molecule has 0 unspecified atom stereocenters. The van der Waals surface area contributed by atoms with Gasteiger partial charge in [-0.1, -0.05) is 43.3 Å². The van der Waals surface area contributed by atoms with Gasteiger partial charge in [0.05, 0.1) is 25.0 Å². The number of benzene rings is 1. The van der Waals surface area contributed by atoms with Gasteiger partial charge in [0.15, 0.2) is 0 Å². The highest BCUT2D eigenvalue weighted by Crippen LogP contribution is 2.26. The van der Waals surface area contributed by atoms with Crippen LogP contribution in [0.1, 0.15) is 25.1 Å². The average Bonchev–Trinajstić information content (AvgIpc) is 3.17. The van der Waals surface area contributed by atoms with Crippen LogP contribution >= 0.6 is 0 Å². The van der Waals surface area contributed by atoms with Crippen molar-refractivity contribution in [3.63, 3.8) is 0 Å². The fraction of sp³-hybridized carbons (Fsp3) is 0.286. The number of carbonyl (C=O) groups excluding carboxylic acids is 1. The highest BCUT2D eigenvalue weighted by molar-refractivity contribution is 7.85. The number of hydrogen-bond donors (Lipinski definition) is 2. The van der Waals surface area contributed by atoms with Crippen LogP contribution in [0.25, 0.3) is 11.1 Å². The number of nitrogen functional groups attached to an aromatic ring is 1. The number of hydrogen-bond acceptors (Lipinski definition) is 8. The molecule has 0 bridgehead atoms. The first kappa shape index (κ1) is 22.4. The van der Waals surface area contributed by atoms with Crippen LogP contribution in [0.3, 0.4) is 0 Å². The van der Waals surface area contributed by atoms with Gasteiger partial charge in [-0.25, -0.2) is 4.98 Å². The zero-order valence-electron chi connectivity index (χ0n) is 17.5. The Morgan fingerprint density at radius 1 is 1.16 bits per heavy atom. The minimum absolute atomic E-state index is 0.0956. The molecule has 3 N–H and O–H groups in total. The molecule has 10 heteroatoms. The van der Waals surface area contributed by atoms with E-state index in [0.29, 0.717) is 11.5 Å². The smallest absolute Gasteiger partial charge is 0.264 e. The molecule has 2 aromatic heterocycles. The molecule has 31 heavy (non-hydrogen) atoms. The number of aromatic nitrogens is 2. The minimum Gasteiger partial charge on any atom is -0.384 e. The molecule has 3 aromatic rings. The summed E-state index contributed by atoms with van der Waals surface area (Å²) >= 11 is 0. The fourth-order valence-electron chi connectivity index (χ4n) is 2.74. The number of nitrogens with one attached hydrogen (secondary N) is 1. The van der Waals surface area contributed by atoms with Crippen molar-refractivity contribution in [3.05, 3.63) is 59.9 Å². The maximum Gasteiger partial charge on any atom is 0.264 e. The summed E-state index contributed by atoms with van der Waals surface area (Å²) < 4.78 is 32.5. The van der Waals surface area contributed by atoms with Crippen LogP contribution < -0.4 is 11.1 Å². The Morgan fingerprint density at radius 2 is 1.84 bits per heavy atom. The van der Waals surface area contributed by atoms with Crippen molar-refractivity contribution in [1.82, 2.24) is 10.1 Å². The Hall–Kier alpha value is -3.24. The van der Waals surface area contributed by atoms with Crippen LogP contribution in [0.15, 0.2) is 53.2 Å². The lowest BCUT2D eigenvalue weighted by molar-refractivity contribution is -0.115. The van der Waals surface area contributed by atoms with Crippen molar-refractivity contribution in [2.45, 2.75) is 25.7 Å². The molecule has 2 heterocycles. The number of nitrogens with two attached hydrogens (primary N) is 1. The standard InChI is InChI=1S/C21H24N4O5S/c1-21(2,13-29-31(3,27)28)17-11-20(30-25-17)24-19(26)10-14-4-6-15(7-5-14)16-8-9-18(22)23-12-16/h4-9,11-12H,10,13H2,1-3H3,(H2,22,23)(H,24,26). The van der Waals surface area contributed by atoms with Crippen molar-refractivity contribution in [2.75, 3.05) is 23.9 Å². The number of anilines is 2. The monoisotopic (exact) mass is 444 g/mol. The number of rotatable bonds is 8. The first-order valence-corrected chi connectivity index (χ1v) is 11.3. The maximum absolute atomic E-state index is 12.4. The van der Waals surface area contributed by atoms with Crippen LogP contribution in [0.2, 0.25) is 0 Å². The SMILES string of the molecule is CC(C)(COS(C)(=O)=O)c1cc(NC(=O)Cc2ccc(-c3ccc(N)nc3)cc2)on1. The molecule has 9 nitrogen and oxygen atoms in total. The van der Waals surface area contributed by atoms with Gasteiger partial charge in [-0.15, -0.1) is 0 Å². The first-order chi connectivity index (χ1) is 14.5. The molecule has 0 aliphatic heterocycles. The normalized spacial score (nSPS) is 12.0. The molecule has 0 radical (unpaired) electrons. The number of amides is 1. The molecule has 0 aliphatic carbocycles. The summed E-state index contributed by atoms with van der Waals surface area (Å²) in [6.07, 6.45) is 2.83. The Morgan fingerprint density at radius 3 is 2.45 bits per heavy atom. The van der Waals surface area contributed by atoms with Crippen molar-refractivity contribution in [1.29, 1.82) is 0 Å². The Labute approximate surface area is 180 Å². The van der Waals surface area contributed by atoms with Gasteiger partial charge in [0.1, 0.15) is 5.82 Å². The summed E-state index contributed by atoms with van der Waals surface area (Å²) in [5.74, 6) is 0.366. The lowest BCUT2D eigenvalue weighted by Crippen LogP contribution is -2.26. The second kappa shape index (κ2) is 8.86. The molecule has 0 saturated heterocycles. The van der Waals surface area contributed by atoms with E-state index in [9.17, 15) is 13.2 Å². The minimum atomic E-state index is -3.57. The lowest BCUT2D eigenvalue weighted by Gasteiger charge is -2.20. The molecule has 0 atom stereocenters. The predicted octanol–water partition coefficient (Wildman–Crippen LogP) is 2.75. The Balaban J connectivity index is 1.59. The molecule has 0 aliphatic rings. The third-order valence-corrected chi connectivity index (χ3v) is 5.08. The Bertz CT molecular complexity index is 1150. The zero-order valence-corrected chi connectivity index (χ0v) is 18.3. The number of nitrogens with zero attached hydrogens (tertiary/aromatic N) is 2. The van der Waals surface area contributed by atoms with E-state index in [2.05, 4.69) is 15.5 Å². The summed E-state index contributed by atoms with van der Waals surface area (Å²) in [6, 6.07) is 12.7. The van der Waals surface area contributed by atoms with Gasteiger partial charge in [-0.3, -0.25) is 14.3 Å². The van der Waals surface area contributed by atoms with E-state index in [1.54, 1.807) is 32.2 Å². The van der Waals surface area contributed by atoms with E-state index >= 15 is 0 Å². The van der Waals surface area contributed by atoms with Gasteiger partial charge in [0, 0.05) is 23.2 Å². The Kier molecular flexibility index (Phi) is 6.42. The van der Waals surface area contributed by atoms with E-state index in [1.807, 2.05) is 30.3 Å². The summed E-state index contributed by atoms with van der Waals surface area (Å²) in [5.41, 5.74) is 8.08. The second-order valence-electron chi connectivity index (χ2n) is 7.82. The number of carbonyl (C=O) groups is 1. The second-order valence-corrected chi connectivity index (χ2v) is 9.46. The maximum atomic E-state index is 12.4. The third-order valence-electron chi connectivity index (χ3n) is 4.54. The molecule has 0 fully saturated rings. The van der Waals surface area contributed by atoms with Gasteiger partial charge >= 0.3 is 0 Å². The van der Waals surface area contributed by atoms with E-state index in [-0.39, 0.29) is 24.8 Å². The molecule has 0 saturated carbocycles. The van der Waals surface area contributed by atoms with Gasteiger partial charge in [0.25, 0.3) is 10.1 Å². The van der Waals surface area contributed by atoms with E-state index in [1.165, 1.54) is 0 Å². The van der Waals surface area contributed by atoms with Crippen LogP contribution in [0, 0.1) is 0 Å². The van der Waals surface area contributed by atoms with Crippen LogP contribution in [-0.2, 0) is 30.9 Å². The van der Waals surface area contributed by atoms with Crippen LogP contribution in [0.5, 0.6) is 0 Å². The van der Waals surface area contributed by atoms with Gasteiger partial charge in [-0.2, -0.15) is 8.42 Å². The highest BCUT2D eigenvalue weighted by Gasteiger charge is 2.27. The molecule has 0 spiro atoms. The summed E-state index contributed by atoms with van der Waals surface area (Å²) in [5, 5.41) is 6.58. The molecular formula is C21H24N4O5S. The summed E-state index contributed by atoms with van der Waals surface area (Å²) in [4.78, 5) is 16.4. The zero-order chi connectivity index (χ0) is 22.6. The molecule has 164 valence electrons. The summed E-state index contributed by atoms with van der Waals surface area (Å²) in [6.45, 7) is 3.43. The van der Waals surface area contributed by atoms with E-state index < -0.39 is 15.5 Å². The summed E-state index contributed by atoms with van der Waals surface area (Å²) in [7, 11) is -3.57. The van der Waals surface area contributed by atoms with Crippen molar-refractivity contribution in [2.24, 2.45) is 0 Å². The van der Waals surface area contributed by atoms with Crippen molar-refractivity contribution < 1.29 is 21.9 Å². The molecule has 1 amide bonds. The molecule has 1 aromatic carbocycles. The highest BCUT2D eigenvalue weighted by atomic mass is 32.2. The fourth-order valence-corrected chi connectivity index (χ4v) is 3.25. The lowest BCUT2D eigenvalue weighted by atomic mass is 9.91. The van der Waals surface area contributed by atoms with Gasteiger partial charge in [-0.05, 0) is 23.3 Å². The largest absolute Gasteiger partial charge is 0.384 e. The number of pyridine rings is 1. The first-order valence-electron chi connectivity index (χ1n) is 9.44. The molecular weight excluding hydrogens is 420 g/mol. The average molecular weight is 445 g/mol. The van der Waals surface area contributed by atoms with E-state index in [0.717, 1.165) is 22.9 Å². The van der Waals surface area contributed by atoms with Crippen LogP contribution in [-0.4, -0.2) is 37.3 Å². The van der Waals surface area contributed by atoms with Crippen molar-refractivity contribution >= 4 is 27.7 Å². The van der Waals surface area contributed by atoms with E-state index in [4.69, 9.17) is 14.4 Å². The van der Waals surface area contributed by atoms with Gasteiger partial charge in [0.2, 0.25) is 11.8 Å². The molecule has 3 rings (SSSR count). The topological polar surface area (TPSA) is 137 Å². The van der Waals surface area contributed by atoms with Crippen molar-refractivity contribution in [3.8, 4) is 11.1 Å². The predicted molar refractivity (Wildman–Crippen MR) is 117 cm³/mol. The van der Waals surface area contributed by atoms with Crippen LogP contribution in [0.4, 0.5) is 11.7 Å². The third kappa shape index (κ3) is 6.37.